The van der Waals surface area contributed by atoms with Gasteiger partial charge in [0.05, 0.1) is 12.3 Å². The maximum Gasteiger partial charge on any atom is 0.334 e. The molecule has 0 aliphatic rings. The number of aliphatic hydroxyl groups excluding tert-OH is 1. The van der Waals surface area contributed by atoms with E-state index >= 15 is 0 Å². The van der Waals surface area contributed by atoms with Gasteiger partial charge in [0.15, 0.2) is 6.10 Å². The monoisotopic (exact) mass is 268 g/mol. The lowest BCUT2D eigenvalue weighted by atomic mass is 10.4. The van der Waals surface area contributed by atoms with Crippen LogP contribution in [0.25, 0.3) is 0 Å². The summed E-state index contributed by atoms with van der Waals surface area (Å²) in [6.45, 7) is -0.255. The Bertz CT molecular complexity index is 366. The summed E-state index contributed by atoms with van der Waals surface area (Å²) in [5, 5.41) is 21.6. The van der Waals surface area contributed by atoms with Crippen LogP contribution in [0.5, 0.6) is 0 Å². The molecule has 17 heavy (non-hydrogen) atoms. The second-order valence-corrected chi connectivity index (χ2v) is 5.73. The van der Waals surface area contributed by atoms with Gasteiger partial charge in [-0.15, -0.1) is 0 Å². The Balaban J connectivity index is 3.64. The molecule has 0 aromatic carbocycles. The van der Waals surface area contributed by atoms with Crippen molar-refractivity contribution < 1.29 is 28.2 Å². The Morgan fingerprint density at radius 2 is 1.88 bits per heavy atom. The maximum atomic E-state index is 11.0. The molecule has 2 amide bonds. The molecule has 0 aromatic rings. The fraction of sp³-hybridized carbons (Fsp3) is 0.750. The van der Waals surface area contributed by atoms with Gasteiger partial charge in [-0.05, 0) is 6.42 Å². The van der Waals surface area contributed by atoms with Gasteiger partial charge in [-0.25, -0.2) is 18.0 Å². The van der Waals surface area contributed by atoms with E-state index in [1.165, 1.54) is 0 Å². The largest absolute Gasteiger partial charge is 0.479 e. The summed E-state index contributed by atoms with van der Waals surface area (Å²) in [7, 11) is -3.05. The Kier molecular flexibility index (Phi) is 6.51. The summed E-state index contributed by atoms with van der Waals surface area (Å²) in [6, 6.07) is -0.654. The predicted octanol–water partition coefficient (Wildman–Crippen LogP) is -1.83. The molecule has 0 fully saturated rings. The number of carbonyl (C=O) groups excluding carboxylic acids is 1. The lowest BCUT2D eigenvalue weighted by Crippen LogP contribution is -2.42. The molecule has 1 atom stereocenters. The highest BCUT2D eigenvalue weighted by Crippen LogP contribution is 1.87. The van der Waals surface area contributed by atoms with Crippen LogP contribution in [0.15, 0.2) is 0 Å². The van der Waals surface area contributed by atoms with E-state index in [4.69, 9.17) is 10.2 Å². The van der Waals surface area contributed by atoms with Gasteiger partial charge < -0.3 is 20.8 Å². The first-order chi connectivity index (χ1) is 7.72. The van der Waals surface area contributed by atoms with Crippen LogP contribution in [-0.2, 0) is 14.6 Å². The number of carboxylic acids is 1. The number of amides is 2. The minimum absolute atomic E-state index is 0.0367. The Labute approximate surface area is 98.9 Å². The molecule has 0 saturated carbocycles. The first-order valence-corrected chi connectivity index (χ1v) is 6.88. The highest BCUT2D eigenvalue weighted by atomic mass is 32.2. The van der Waals surface area contributed by atoms with Crippen LogP contribution in [0.3, 0.4) is 0 Å². The lowest BCUT2D eigenvalue weighted by Gasteiger charge is -2.08. The first kappa shape index (κ1) is 15.7. The molecule has 8 nitrogen and oxygen atoms in total. The van der Waals surface area contributed by atoms with Gasteiger partial charge in [-0.3, -0.25) is 0 Å². The summed E-state index contributed by atoms with van der Waals surface area (Å²) >= 11 is 0. The third-order valence-electron chi connectivity index (χ3n) is 1.72. The van der Waals surface area contributed by atoms with Crippen molar-refractivity contribution in [2.24, 2.45) is 0 Å². The van der Waals surface area contributed by atoms with Crippen LogP contribution in [0.2, 0.25) is 0 Å². The molecule has 100 valence electrons. The van der Waals surface area contributed by atoms with Gasteiger partial charge in [-0.1, -0.05) is 0 Å². The average Bonchev–Trinajstić information content (AvgIpc) is 2.19. The van der Waals surface area contributed by atoms with Crippen molar-refractivity contribution in [2.75, 3.05) is 25.1 Å². The van der Waals surface area contributed by atoms with Crippen LogP contribution < -0.4 is 10.6 Å². The van der Waals surface area contributed by atoms with E-state index in [-0.39, 0.29) is 18.7 Å². The standard InChI is InChI=1S/C8H16N2O6S/c1-17(15,16)4-2-3-9-8(14)10-5-6(11)7(12)13/h6,11H,2-5H2,1H3,(H,12,13)(H2,9,10,14)/t6-/m0/s1. The molecule has 0 aliphatic heterocycles. The number of nitrogens with one attached hydrogen (secondary N) is 2. The van der Waals surface area contributed by atoms with E-state index in [0.717, 1.165) is 6.26 Å². The van der Waals surface area contributed by atoms with Crippen molar-refractivity contribution >= 4 is 21.8 Å². The third kappa shape index (κ3) is 9.57. The molecular formula is C8H16N2O6S. The number of aliphatic carboxylic acids is 1. The topological polar surface area (TPSA) is 133 Å². The highest BCUT2D eigenvalue weighted by Gasteiger charge is 2.13. The predicted molar refractivity (Wildman–Crippen MR) is 59.4 cm³/mol. The number of sulfone groups is 1. The number of carboxylic acid groups (broad SMARTS) is 1. The number of urea groups is 1. The van der Waals surface area contributed by atoms with E-state index in [1.54, 1.807) is 0 Å². The van der Waals surface area contributed by atoms with Crippen molar-refractivity contribution in [3.63, 3.8) is 0 Å². The molecule has 0 aromatic heterocycles. The number of hydrogen-bond acceptors (Lipinski definition) is 5. The number of aliphatic hydroxyl groups is 1. The minimum atomic E-state index is -3.05. The van der Waals surface area contributed by atoms with E-state index in [0.29, 0.717) is 0 Å². The van der Waals surface area contributed by atoms with Gasteiger partial charge in [0, 0.05) is 12.8 Å². The molecule has 0 unspecified atom stereocenters. The fourth-order valence-electron chi connectivity index (χ4n) is 0.875. The second-order valence-electron chi connectivity index (χ2n) is 3.47. The molecular weight excluding hydrogens is 252 g/mol. The molecule has 0 radical (unpaired) electrons. The zero-order valence-electron chi connectivity index (χ0n) is 9.34. The van der Waals surface area contributed by atoms with E-state index in [1.807, 2.05) is 0 Å². The smallest absolute Gasteiger partial charge is 0.334 e. The summed E-state index contributed by atoms with van der Waals surface area (Å²) in [4.78, 5) is 21.2. The van der Waals surface area contributed by atoms with Crippen molar-refractivity contribution in [1.82, 2.24) is 10.6 Å². The van der Waals surface area contributed by atoms with Gasteiger partial charge in [-0.2, -0.15) is 0 Å². The average molecular weight is 268 g/mol. The van der Waals surface area contributed by atoms with Crippen LogP contribution in [0.4, 0.5) is 4.79 Å². The van der Waals surface area contributed by atoms with Crippen molar-refractivity contribution in [3.05, 3.63) is 0 Å². The Morgan fingerprint density at radius 1 is 1.29 bits per heavy atom. The molecule has 0 spiro atoms. The highest BCUT2D eigenvalue weighted by molar-refractivity contribution is 7.90. The van der Waals surface area contributed by atoms with Crippen molar-refractivity contribution in [3.8, 4) is 0 Å². The van der Waals surface area contributed by atoms with Gasteiger partial charge in [0.25, 0.3) is 0 Å². The SMILES string of the molecule is CS(=O)(=O)CCCNC(=O)NC[C@H](O)C(=O)O. The third-order valence-corrected chi connectivity index (χ3v) is 2.75. The summed E-state index contributed by atoms with van der Waals surface area (Å²) in [5.74, 6) is -1.47. The van der Waals surface area contributed by atoms with E-state index in [2.05, 4.69) is 10.6 Å². The molecule has 9 heteroatoms. The number of carbonyl (C=O) groups is 2. The van der Waals surface area contributed by atoms with Crippen LogP contribution >= 0.6 is 0 Å². The van der Waals surface area contributed by atoms with Crippen LogP contribution in [0.1, 0.15) is 6.42 Å². The zero-order valence-corrected chi connectivity index (χ0v) is 10.2. The minimum Gasteiger partial charge on any atom is -0.479 e. The zero-order chi connectivity index (χ0) is 13.5. The van der Waals surface area contributed by atoms with Crippen LogP contribution in [-0.4, -0.2) is 61.8 Å². The molecule has 0 bridgehead atoms. The van der Waals surface area contributed by atoms with Gasteiger partial charge in [0.1, 0.15) is 9.84 Å². The summed E-state index contributed by atoms with van der Waals surface area (Å²) in [5.41, 5.74) is 0. The summed E-state index contributed by atoms with van der Waals surface area (Å²) < 4.78 is 21.5. The number of rotatable bonds is 7. The lowest BCUT2D eigenvalue weighted by molar-refractivity contribution is -0.146. The molecule has 0 heterocycles. The van der Waals surface area contributed by atoms with Crippen molar-refractivity contribution in [1.29, 1.82) is 0 Å². The Hall–Kier alpha value is -1.35. The van der Waals surface area contributed by atoms with E-state index < -0.39 is 34.5 Å². The van der Waals surface area contributed by atoms with Crippen LogP contribution in [0, 0.1) is 0 Å². The van der Waals surface area contributed by atoms with Gasteiger partial charge in [0.2, 0.25) is 0 Å². The first-order valence-electron chi connectivity index (χ1n) is 4.82. The molecule has 0 rings (SSSR count). The second kappa shape index (κ2) is 7.07. The van der Waals surface area contributed by atoms with E-state index in [9.17, 15) is 18.0 Å². The quantitative estimate of drug-likeness (QED) is 0.401. The molecule has 0 saturated heterocycles. The number of hydrogen-bond donors (Lipinski definition) is 4. The van der Waals surface area contributed by atoms with Crippen molar-refractivity contribution in [2.45, 2.75) is 12.5 Å². The van der Waals surface area contributed by atoms with Gasteiger partial charge >= 0.3 is 12.0 Å². The Morgan fingerprint density at radius 3 is 2.35 bits per heavy atom. The molecule has 4 N–H and O–H groups in total. The summed E-state index contributed by atoms with van der Waals surface area (Å²) in [6.07, 6.45) is -0.291. The fourth-order valence-corrected chi connectivity index (χ4v) is 1.54. The molecule has 0 aliphatic carbocycles. The maximum absolute atomic E-state index is 11.0. The normalized spacial score (nSPS) is 12.8.